The number of carbonyl (C=O) groups excluding carboxylic acids is 1. The number of rotatable bonds is 2. The minimum absolute atomic E-state index is 0.316. The molecule has 0 unspecified atom stereocenters. The third-order valence-corrected chi connectivity index (χ3v) is 2.42. The summed E-state index contributed by atoms with van der Waals surface area (Å²) in [4.78, 5) is 19.8. The number of halogens is 1. The van der Waals surface area contributed by atoms with Gasteiger partial charge in [0.15, 0.2) is 0 Å². The van der Waals surface area contributed by atoms with Gasteiger partial charge in [0.1, 0.15) is 16.1 Å². The summed E-state index contributed by atoms with van der Waals surface area (Å²) in [5.74, 6) is 0.120. The van der Waals surface area contributed by atoms with E-state index in [4.69, 9.17) is 5.73 Å². The molecule has 2 aromatic rings. The highest BCUT2D eigenvalue weighted by Crippen LogP contribution is 2.10. The summed E-state index contributed by atoms with van der Waals surface area (Å²) in [6.45, 7) is 0. The number of amides is 1. The molecule has 86 valence electrons. The summed E-state index contributed by atoms with van der Waals surface area (Å²) < 4.78 is 0.607. The van der Waals surface area contributed by atoms with Crippen molar-refractivity contribution < 1.29 is 4.79 Å². The molecule has 0 bridgehead atoms. The Hall–Kier alpha value is -1.95. The first-order chi connectivity index (χ1) is 8.15. The molecule has 0 fully saturated rings. The maximum atomic E-state index is 11.8. The third-order valence-electron chi connectivity index (χ3n) is 1.98. The number of carbonyl (C=O) groups is 1. The molecule has 17 heavy (non-hydrogen) atoms. The zero-order valence-electron chi connectivity index (χ0n) is 8.72. The number of nitrogens with one attached hydrogen (secondary N) is 1. The fourth-order valence-electron chi connectivity index (χ4n) is 1.19. The number of nitrogens with zero attached hydrogens (tertiary/aromatic N) is 2. The van der Waals surface area contributed by atoms with E-state index in [-0.39, 0.29) is 5.91 Å². The number of hydrogen-bond acceptors (Lipinski definition) is 4. The van der Waals surface area contributed by atoms with Crippen molar-refractivity contribution >= 4 is 33.3 Å². The van der Waals surface area contributed by atoms with Gasteiger partial charge < -0.3 is 11.1 Å². The van der Waals surface area contributed by atoms with Crippen LogP contribution in [0.25, 0.3) is 0 Å². The highest BCUT2D eigenvalue weighted by atomic mass is 79.9. The fourth-order valence-corrected chi connectivity index (χ4v) is 1.54. The topological polar surface area (TPSA) is 80.9 Å². The lowest BCUT2D eigenvalue weighted by Crippen LogP contribution is -2.14. The number of aromatic nitrogens is 2. The minimum Gasteiger partial charge on any atom is -0.397 e. The average Bonchev–Trinajstić information content (AvgIpc) is 2.32. The van der Waals surface area contributed by atoms with Crippen molar-refractivity contribution in [2.24, 2.45) is 0 Å². The second-order valence-corrected chi connectivity index (χ2v) is 4.09. The lowest BCUT2D eigenvalue weighted by atomic mass is 10.3. The Bertz CT molecular complexity index is 541. The molecule has 5 nitrogen and oxygen atoms in total. The summed E-state index contributed by atoms with van der Waals surface area (Å²) in [5, 5.41) is 2.62. The average molecular weight is 293 g/mol. The van der Waals surface area contributed by atoms with Gasteiger partial charge >= 0.3 is 0 Å². The molecule has 0 aromatic carbocycles. The van der Waals surface area contributed by atoms with Gasteiger partial charge in [-0.05, 0) is 40.2 Å². The molecule has 0 atom stereocenters. The lowest BCUT2D eigenvalue weighted by Gasteiger charge is -2.04. The second kappa shape index (κ2) is 4.92. The quantitative estimate of drug-likeness (QED) is 0.831. The molecule has 0 aliphatic carbocycles. The van der Waals surface area contributed by atoms with Crippen molar-refractivity contribution in [1.82, 2.24) is 9.97 Å². The Kier molecular flexibility index (Phi) is 3.34. The molecule has 2 aromatic heterocycles. The van der Waals surface area contributed by atoms with Crippen LogP contribution in [0.15, 0.2) is 41.1 Å². The van der Waals surface area contributed by atoms with Crippen molar-refractivity contribution in [1.29, 1.82) is 0 Å². The van der Waals surface area contributed by atoms with Gasteiger partial charge in [0.25, 0.3) is 5.91 Å². The largest absolute Gasteiger partial charge is 0.397 e. The molecule has 0 saturated carbocycles. The van der Waals surface area contributed by atoms with E-state index in [2.05, 4.69) is 31.2 Å². The summed E-state index contributed by atoms with van der Waals surface area (Å²) in [6.07, 6.45) is 1.48. The summed E-state index contributed by atoms with van der Waals surface area (Å²) in [5.41, 5.74) is 6.36. The molecule has 1 amide bonds. The van der Waals surface area contributed by atoms with Crippen molar-refractivity contribution in [3.63, 3.8) is 0 Å². The molecule has 6 heteroatoms. The van der Waals surface area contributed by atoms with Crippen molar-refractivity contribution in [2.75, 3.05) is 11.1 Å². The van der Waals surface area contributed by atoms with E-state index in [0.717, 1.165) is 0 Å². The number of nitrogens with two attached hydrogens (primary N) is 1. The van der Waals surface area contributed by atoms with Crippen molar-refractivity contribution in [2.45, 2.75) is 0 Å². The van der Waals surface area contributed by atoms with E-state index in [1.54, 1.807) is 30.3 Å². The molecule has 0 saturated heterocycles. The first kappa shape index (κ1) is 11.5. The van der Waals surface area contributed by atoms with Gasteiger partial charge in [-0.2, -0.15) is 0 Å². The van der Waals surface area contributed by atoms with Gasteiger partial charge in [0, 0.05) is 0 Å². The van der Waals surface area contributed by atoms with Crippen LogP contribution >= 0.6 is 15.9 Å². The Morgan fingerprint density at radius 2 is 2.12 bits per heavy atom. The first-order valence-corrected chi connectivity index (χ1v) is 5.60. The molecule has 3 N–H and O–H groups in total. The molecule has 2 heterocycles. The standard InChI is InChI=1S/C11H9BrN4O/c12-9-3-1-2-8(15-9)11(17)16-10-5-4-7(13)6-14-10/h1-6H,13H2,(H,14,16,17). The zero-order chi connectivity index (χ0) is 12.3. The fraction of sp³-hybridized carbons (Fsp3) is 0. The van der Waals surface area contributed by atoms with Gasteiger partial charge in [-0.25, -0.2) is 9.97 Å². The Labute approximate surface area is 106 Å². The Morgan fingerprint density at radius 1 is 1.29 bits per heavy atom. The van der Waals surface area contributed by atoms with Crippen LogP contribution in [0.1, 0.15) is 10.5 Å². The Balaban J connectivity index is 2.14. The maximum Gasteiger partial charge on any atom is 0.275 e. The number of pyridine rings is 2. The van der Waals surface area contributed by atoms with Gasteiger partial charge in [0.05, 0.1) is 11.9 Å². The number of hydrogen-bond donors (Lipinski definition) is 2. The van der Waals surface area contributed by atoms with Crippen LogP contribution in [0.3, 0.4) is 0 Å². The second-order valence-electron chi connectivity index (χ2n) is 3.28. The predicted octanol–water partition coefficient (Wildman–Crippen LogP) is 2.07. The predicted molar refractivity (Wildman–Crippen MR) is 68.5 cm³/mol. The SMILES string of the molecule is Nc1ccc(NC(=O)c2cccc(Br)n2)nc1. The van der Waals surface area contributed by atoms with E-state index in [9.17, 15) is 4.79 Å². The third kappa shape index (κ3) is 3.01. The molecular formula is C11H9BrN4O. The number of nitrogen functional groups attached to an aromatic ring is 1. The van der Waals surface area contributed by atoms with Crippen molar-refractivity contribution in [3.05, 3.63) is 46.8 Å². The molecule has 0 aliphatic rings. The smallest absolute Gasteiger partial charge is 0.275 e. The van der Waals surface area contributed by atoms with E-state index < -0.39 is 0 Å². The van der Waals surface area contributed by atoms with Gasteiger partial charge in [0.2, 0.25) is 0 Å². The monoisotopic (exact) mass is 292 g/mol. The summed E-state index contributed by atoms with van der Waals surface area (Å²) in [6, 6.07) is 8.40. The normalized spacial score (nSPS) is 9.94. The van der Waals surface area contributed by atoms with E-state index in [1.165, 1.54) is 6.20 Å². The Morgan fingerprint density at radius 3 is 2.76 bits per heavy atom. The van der Waals surface area contributed by atoms with Crippen LogP contribution in [0.2, 0.25) is 0 Å². The van der Waals surface area contributed by atoms with Crippen LogP contribution in [0.4, 0.5) is 11.5 Å². The molecule has 2 rings (SSSR count). The highest BCUT2D eigenvalue weighted by Gasteiger charge is 2.08. The minimum atomic E-state index is -0.316. The molecule has 0 aliphatic heterocycles. The molecular weight excluding hydrogens is 284 g/mol. The summed E-state index contributed by atoms with van der Waals surface area (Å²) >= 11 is 3.20. The van der Waals surface area contributed by atoms with Gasteiger partial charge in [-0.1, -0.05) is 6.07 Å². The highest BCUT2D eigenvalue weighted by molar-refractivity contribution is 9.10. The van der Waals surface area contributed by atoms with Crippen LogP contribution in [0.5, 0.6) is 0 Å². The maximum absolute atomic E-state index is 11.8. The van der Waals surface area contributed by atoms with Crippen molar-refractivity contribution in [3.8, 4) is 0 Å². The van der Waals surface area contributed by atoms with Crippen LogP contribution in [-0.2, 0) is 0 Å². The van der Waals surface area contributed by atoms with E-state index in [0.29, 0.717) is 21.8 Å². The molecule has 0 spiro atoms. The number of anilines is 2. The van der Waals surface area contributed by atoms with E-state index in [1.807, 2.05) is 0 Å². The lowest BCUT2D eigenvalue weighted by molar-refractivity contribution is 0.102. The molecule has 0 radical (unpaired) electrons. The van der Waals surface area contributed by atoms with Gasteiger partial charge in [-0.3, -0.25) is 4.79 Å². The van der Waals surface area contributed by atoms with Crippen LogP contribution in [-0.4, -0.2) is 15.9 Å². The van der Waals surface area contributed by atoms with Gasteiger partial charge in [-0.15, -0.1) is 0 Å². The first-order valence-electron chi connectivity index (χ1n) is 4.80. The van der Waals surface area contributed by atoms with Crippen LogP contribution in [0, 0.1) is 0 Å². The van der Waals surface area contributed by atoms with E-state index >= 15 is 0 Å². The van der Waals surface area contributed by atoms with Crippen LogP contribution < -0.4 is 11.1 Å². The zero-order valence-corrected chi connectivity index (χ0v) is 10.3. The summed E-state index contributed by atoms with van der Waals surface area (Å²) in [7, 11) is 0.